The van der Waals surface area contributed by atoms with Crippen LogP contribution in [0.5, 0.6) is 0 Å². The van der Waals surface area contributed by atoms with Crippen LogP contribution in [0.4, 0.5) is 17.6 Å². The molecule has 0 saturated heterocycles. The van der Waals surface area contributed by atoms with Crippen LogP contribution in [0.2, 0.25) is 0 Å². The summed E-state index contributed by atoms with van der Waals surface area (Å²) in [5, 5.41) is 0. The van der Waals surface area contributed by atoms with Crippen molar-refractivity contribution in [3.63, 3.8) is 0 Å². The van der Waals surface area contributed by atoms with Gasteiger partial charge in [-0.05, 0) is 0 Å². The topological polar surface area (TPSA) is 52.6 Å². The van der Waals surface area contributed by atoms with Crippen LogP contribution >= 0.6 is 20.6 Å². The van der Waals surface area contributed by atoms with E-state index in [-0.39, 0.29) is 14.4 Å². The van der Waals surface area contributed by atoms with Gasteiger partial charge >= 0.3 is 164 Å². The molecule has 0 aromatic heterocycles. The fourth-order valence-corrected chi connectivity index (χ4v) is 4.81. The number of carbonyl (C=O) groups is 2. The monoisotopic (exact) mass is 506 g/mol. The van der Waals surface area contributed by atoms with Crippen LogP contribution in [0, 0.1) is 3.57 Å². The number of halogens is 5. The molecular formula is C18H23F4IO4. The average molecular weight is 506 g/mol. The Bertz CT molecular complexity index is 639. The predicted molar refractivity (Wildman–Crippen MR) is 101 cm³/mol. The predicted octanol–water partition coefficient (Wildman–Crippen LogP) is 5.40. The first-order valence-corrected chi connectivity index (χ1v) is 10.8. The van der Waals surface area contributed by atoms with Crippen molar-refractivity contribution < 1.29 is 33.3 Å². The molecule has 4 nitrogen and oxygen atoms in total. The molecule has 0 amide bonds. The fraction of sp³-hybridized carbons (Fsp3) is 0.556. The van der Waals surface area contributed by atoms with E-state index in [2.05, 4.69) is 6.13 Å². The third-order valence-electron chi connectivity index (χ3n) is 3.46. The standard InChI is InChI=1S/C18H23F4IO4/c1-17(2,3)10-7-11(18(4,5)6)9-12(8-10)23(26-15(24)13(19)20)27-16(25)14(21)22/h7-9,13-14H,1-6H3. The van der Waals surface area contributed by atoms with E-state index in [9.17, 15) is 27.2 Å². The molecule has 27 heavy (non-hydrogen) atoms. The van der Waals surface area contributed by atoms with Crippen LogP contribution in [0.1, 0.15) is 52.7 Å². The van der Waals surface area contributed by atoms with Gasteiger partial charge in [0.2, 0.25) is 0 Å². The van der Waals surface area contributed by atoms with Gasteiger partial charge in [-0.25, -0.2) is 0 Å². The van der Waals surface area contributed by atoms with Crippen molar-refractivity contribution in [3.05, 3.63) is 32.9 Å². The molecule has 0 aliphatic carbocycles. The minimum absolute atomic E-state index is 0.180. The van der Waals surface area contributed by atoms with Crippen molar-refractivity contribution in [3.8, 4) is 0 Å². The van der Waals surface area contributed by atoms with Crippen molar-refractivity contribution in [2.75, 3.05) is 0 Å². The van der Waals surface area contributed by atoms with Gasteiger partial charge in [-0.2, -0.15) is 0 Å². The van der Waals surface area contributed by atoms with E-state index in [1.165, 1.54) is 0 Å². The number of carbonyl (C=O) groups excluding carboxylic acids is 2. The Morgan fingerprint density at radius 2 is 1.11 bits per heavy atom. The summed E-state index contributed by atoms with van der Waals surface area (Å²) in [6, 6.07) is 5.01. The fourth-order valence-electron chi connectivity index (χ4n) is 1.86. The van der Waals surface area contributed by atoms with Gasteiger partial charge < -0.3 is 0 Å². The second-order valence-corrected chi connectivity index (χ2v) is 11.2. The van der Waals surface area contributed by atoms with Crippen molar-refractivity contribution >= 4 is 32.6 Å². The molecule has 154 valence electrons. The first-order valence-electron chi connectivity index (χ1n) is 8.00. The first-order chi connectivity index (χ1) is 12.1. The Morgan fingerprint density at radius 1 is 0.778 bits per heavy atom. The third-order valence-corrected chi connectivity index (χ3v) is 6.76. The van der Waals surface area contributed by atoms with E-state index in [0.29, 0.717) is 0 Å². The summed E-state index contributed by atoms with van der Waals surface area (Å²) >= 11 is -3.89. The van der Waals surface area contributed by atoms with Crippen molar-refractivity contribution in [2.45, 2.75) is 65.2 Å². The van der Waals surface area contributed by atoms with E-state index in [1.54, 1.807) is 12.1 Å². The number of hydrogen-bond acceptors (Lipinski definition) is 4. The van der Waals surface area contributed by atoms with E-state index < -0.39 is 45.4 Å². The second kappa shape index (κ2) is 8.74. The van der Waals surface area contributed by atoms with Gasteiger partial charge in [0, 0.05) is 0 Å². The molecule has 0 radical (unpaired) electrons. The third kappa shape index (κ3) is 6.93. The van der Waals surface area contributed by atoms with E-state index in [4.69, 9.17) is 0 Å². The molecule has 1 rings (SSSR count). The molecule has 1 aromatic rings. The molecule has 9 heteroatoms. The summed E-state index contributed by atoms with van der Waals surface area (Å²) in [6.07, 6.45) is -6.91. The van der Waals surface area contributed by atoms with Crippen molar-refractivity contribution in [2.24, 2.45) is 0 Å². The van der Waals surface area contributed by atoms with Crippen LogP contribution in [0.3, 0.4) is 0 Å². The normalized spacial score (nSPS) is 13.0. The summed E-state index contributed by atoms with van der Waals surface area (Å²) in [5.41, 5.74) is 0.816. The Kier molecular flexibility index (Phi) is 7.66. The molecule has 0 heterocycles. The van der Waals surface area contributed by atoms with E-state index in [0.717, 1.165) is 11.1 Å². The average Bonchev–Trinajstić information content (AvgIpc) is 2.51. The van der Waals surface area contributed by atoms with Gasteiger partial charge in [0.25, 0.3) is 0 Å². The Hall–Kier alpha value is -1.39. The van der Waals surface area contributed by atoms with Crippen molar-refractivity contribution in [1.82, 2.24) is 0 Å². The van der Waals surface area contributed by atoms with Crippen molar-refractivity contribution in [1.29, 1.82) is 0 Å². The van der Waals surface area contributed by atoms with Gasteiger partial charge in [0.15, 0.2) is 0 Å². The summed E-state index contributed by atoms with van der Waals surface area (Å²) in [5.74, 6) is -3.80. The number of hydrogen-bond donors (Lipinski definition) is 0. The first kappa shape index (κ1) is 23.6. The van der Waals surface area contributed by atoms with Gasteiger partial charge in [-0.1, -0.05) is 0 Å². The van der Waals surface area contributed by atoms with Crippen LogP contribution in [-0.4, -0.2) is 24.8 Å². The maximum absolute atomic E-state index is 12.6. The number of rotatable bonds is 5. The molecule has 0 saturated carbocycles. The van der Waals surface area contributed by atoms with Crippen LogP contribution in [-0.2, 0) is 26.6 Å². The molecule has 0 bridgehead atoms. The quantitative estimate of drug-likeness (QED) is 0.397. The zero-order valence-corrected chi connectivity index (χ0v) is 18.1. The zero-order chi connectivity index (χ0) is 21.2. The molecule has 0 unspecified atom stereocenters. The van der Waals surface area contributed by atoms with Crippen LogP contribution in [0.25, 0.3) is 0 Å². The Labute approximate surface area is 164 Å². The Morgan fingerprint density at radius 3 is 1.37 bits per heavy atom. The molecule has 0 atom stereocenters. The van der Waals surface area contributed by atoms with Crippen LogP contribution in [0.15, 0.2) is 18.2 Å². The maximum atomic E-state index is 12.6. The minimum atomic E-state index is -3.89. The zero-order valence-electron chi connectivity index (χ0n) is 15.9. The second-order valence-electron chi connectivity index (χ2n) is 7.84. The van der Waals surface area contributed by atoms with Crippen LogP contribution < -0.4 is 0 Å². The Balaban J connectivity index is 3.49. The molecule has 0 aliphatic rings. The molecule has 0 spiro atoms. The van der Waals surface area contributed by atoms with Gasteiger partial charge in [0.05, 0.1) is 0 Å². The van der Waals surface area contributed by atoms with E-state index >= 15 is 0 Å². The summed E-state index contributed by atoms with van der Waals surface area (Å²) < 4.78 is 59.9. The molecule has 1 aromatic carbocycles. The molecule has 0 aliphatic heterocycles. The summed E-state index contributed by atoms with van der Waals surface area (Å²) in [6.45, 7) is 11.5. The van der Waals surface area contributed by atoms with E-state index in [1.807, 2.05) is 47.6 Å². The molecular weight excluding hydrogens is 483 g/mol. The van der Waals surface area contributed by atoms with Gasteiger partial charge in [-0.15, -0.1) is 0 Å². The molecule has 0 N–H and O–H groups in total. The molecule has 0 fully saturated rings. The van der Waals surface area contributed by atoms with Gasteiger partial charge in [-0.3, -0.25) is 0 Å². The number of benzene rings is 1. The SMILES string of the molecule is CC(C)(C)c1cc(I(OC(=O)C(F)F)OC(=O)C(F)F)cc(C(C)(C)C)c1. The summed E-state index contributed by atoms with van der Waals surface area (Å²) in [7, 11) is 0. The number of alkyl halides is 4. The summed E-state index contributed by atoms with van der Waals surface area (Å²) in [4.78, 5) is 22.7. The van der Waals surface area contributed by atoms with Gasteiger partial charge in [0.1, 0.15) is 0 Å².